The molecule has 6 nitrogen and oxygen atoms in total. The number of aromatic amines is 1. The van der Waals surface area contributed by atoms with Crippen LogP contribution in [0.15, 0.2) is 18.3 Å². The number of nitrogens with one attached hydrogen (secondary N) is 2. The molecule has 100 valence electrons. The molecule has 2 N–H and O–H groups in total. The summed E-state index contributed by atoms with van der Waals surface area (Å²) in [4.78, 5) is 10.7. The van der Waals surface area contributed by atoms with Crippen LogP contribution < -0.4 is 5.32 Å². The third-order valence-electron chi connectivity index (χ3n) is 3.21. The van der Waals surface area contributed by atoms with Crippen LogP contribution in [0.3, 0.4) is 0 Å². The first-order valence-electron chi connectivity index (χ1n) is 5.97. The summed E-state index contributed by atoms with van der Waals surface area (Å²) in [7, 11) is 0. The minimum Gasteiger partial charge on any atom is -0.375 e. The van der Waals surface area contributed by atoms with Gasteiger partial charge in [-0.15, -0.1) is 0 Å². The second kappa shape index (κ2) is 5.09. The molecule has 0 fully saturated rings. The van der Waals surface area contributed by atoms with Gasteiger partial charge in [0.2, 0.25) is 0 Å². The highest BCUT2D eigenvalue weighted by Crippen LogP contribution is 2.28. The van der Waals surface area contributed by atoms with Crippen molar-refractivity contribution in [1.82, 2.24) is 10.2 Å². The zero-order valence-electron chi connectivity index (χ0n) is 11.2. The Morgan fingerprint density at radius 2 is 2.00 bits per heavy atom. The molecule has 0 bridgehead atoms. The molecule has 0 radical (unpaired) electrons. The molecule has 2 rings (SSSR count). The van der Waals surface area contributed by atoms with E-state index in [4.69, 9.17) is 0 Å². The molecule has 1 aromatic heterocycles. The highest BCUT2D eigenvalue weighted by atomic mass is 16.6. The van der Waals surface area contributed by atoms with Crippen molar-refractivity contribution in [3.05, 3.63) is 50.8 Å². The van der Waals surface area contributed by atoms with E-state index in [-0.39, 0.29) is 10.6 Å². The number of rotatable bonds is 4. The first-order chi connectivity index (χ1) is 8.99. The smallest absolute Gasteiger partial charge is 0.292 e. The van der Waals surface area contributed by atoms with Crippen molar-refractivity contribution >= 4 is 11.4 Å². The average Bonchev–Trinajstić information content (AvgIpc) is 2.75. The van der Waals surface area contributed by atoms with Crippen LogP contribution in [0, 0.1) is 30.9 Å². The van der Waals surface area contributed by atoms with Gasteiger partial charge >= 0.3 is 0 Å². The van der Waals surface area contributed by atoms with E-state index in [1.807, 2.05) is 26.8 Å². The maximum atomic E-state index is 11.1. The summed E-state index contributed by atoms with van der Waals surface area (Å²) >= 11 is 0. The quantitative estimate of drug-likeness (QED) is 0.654. The van der Waals surface area contributed by atoms with Crippen molar-refractivity contribution in [2.75, 3.05) is 5.32 Å². The molecule has 1 heterocycles. The zero-order valence-corrected chi connectivity index (χ0v) is 11.2. The molecule has 0 saturated heterocycles. The summed E-state index contributed by atoms with van der Waals surface area (Å²) in [5.41, 5.74) is 4.53. The SMILES string of the molecule is Cc1cc(NCc2cn[nH]c2C)c([N+](=O)[O-])cc1C. The molecule has 0 atom stereocenters. The third kappa shape index (κ3) is 2.73. The molecular weight excluding hydrogens is 244 g/mol. The Morgan fingerprint density at radius 3 is 2.58 bits per heavy atom. The molecule has 19 heavy (non-hydrogen) atoms. The Bertz CT molecular complexity index is 619. The van der Waals surface area contributed by atoms with Crippen LogP contribution in [-0.4, -0.2) is 15.1 Å². The summed E-state index contributed by atoms with van der Waals surface area (Å²) in [6.07, 6.45) is 1.72. The van der Waals surface area contributed by atoms with Crippen molar-refractivity contribution < 1.29 is 4.92 Å². The van der Waals surface area contributed by atoms with Crippen LogP contribution in [0.1, 0.15) is 22.4 Å². The van der Waals surface area contributed by atoms with E-state index in [9.17, 15) is 10.1 Å². The summed E-state index contributed by atoms with van der Waals surface area (Å²) in [5, 5.41) is 20.9. The lowest BCUT2D eigenvalue weighted by molar-refractivity contribution is -0.384. The summed E-state index contributed by atoms with van der Waals surface area (Å²) < 4.78 is 0. The number of hydrogen-bond donors (Lipinski definition) is 2. The summed E-state index contributed by atoms with van der Waals surface area (Å²) in [6, 6.07) is 3.41. The number of aromatic nitrogens is 2. The number of nitrogens with zero attached hydrogens (tertiary/aromatic N) is 2. The van der Waals surface area contributed by atoms with Crippen LogP contribution in [0.25, 0.3) is 0 Å². The minimum atomic E-state index is -0.364. The number of nitro benzene ring substituents is 1. The van der Waals surface area contributed by atoms with E-state index in [0.717, 1.165) is 22.4 Å². The van der Waals surface area contributed by atoms with Gasteiger partial charge in [-0.3, -0.25) is 15.2 Å². The number of anilines is 1. The topological polar surface area (TPSA) is 83.8 Å². The van der Waals surface area contributed by atoms with Gasteiger partial charge in [0.1, 0.15) is 5.69 Å². The molecule has 0 aliphatic heterocycles. The first-order valence-corrected chi connectivity index (χ1v) is 5.97. The van der Waals surface area contributed by atoms with Gasteiger partial charge in [0.05, 0.1) is 11.1 Å². The lowest BCUT2D eigenvalue weighted by atomic mass is 10.1. The molecule has 0 saturated carbocycles. The highest BCUT2D eigenvalue weighted by Gasteiger charge is 2.15. The van der Waals surface area contributed by atoms with E-state index < -0.39 is 0 Å². The van der Waals surface area contributed by atoms with Gasteiger partial charge in [0.25, 0.3) is 5.69 Å². The number of H-pyrrole nitrogens is 1. The monoisotopic (exact) mass is 260 g/mol. The Labute approximate surface area is 111 Å². The van der Waals surface area contributed by atoms with E-state index in [1.165, 1.54) is 0 Å². The van der Waals surface area contributed by atoms with Gasteiger partial charge in [-0.25, -0.2) is 0 Å². The molecule has 0 amide bonds. The second-order valence-electron chi connectivity index (χ2n) is 4.58. The van der Waals surface area contributed by atoms with Crippen LogP contribution >= 0.6 is 0 Å². The maximum absolute atomic E-state index is 11.1. The largest absolute Gasteiger partial charge is 0.375 e. The first kappa shape index (κ1) is 13.1. The number of aryl methyl sites for hydroxylation is 3. The Morgan fingerprint density at radius 1 is 1.32 bits per heavy atom. The number of nitro groups is 1. The predicted octanol–water partition coefficient (Wildman–Crippen LogP) is 2.86. The average molecular weight is 260 g/mol. The second-order valence-corrected chi connectivity index (χ2v) is 4.58. The van der Waals surface area contributed by atoms with Gasteiger partial charge < -0.3 is 5.32 Å². The maximum Gasteiger partial charge on any atom is 0.292 e. The standard InChI is InChI=1S/C13H16N4O2/c1-8-4-12(13(17(18)19)5-9(8)2)14-6-11-7-15-16-10(11)3/h4-5,7,14H,6H2,1-3H3,(H,15,16). The fourth-order valence-electron chi connectivity index (χ4n) is 1.84. The van der Waals surface area contributed by atoms with E-state index in [2.05, 4.69) is 15.5 Å². The molecule has 1 aromatic carbocycles. The molecule has 0 spiro atoms. The molecular formula is C13H16N4O2. The van der Waals surface area contributed by atoms with Crippen LogP contribution in [0.4, 0.5) is 11.4 Å². The van der Waals surface area contributed by atoms with E-state index in [0.29, 0.717) is 12.2 Å². The summed E-state index contributed by atoms with van der Waals surface area (Å²) in [6.45, 7) is 6.23. The Kier molecular flexibility index (Phi) is 3.50. The number of hydrogen-bond acceptors (Lipinski definition) is 4. The Balaban J connectivity index is 2.26. The van der Waals surface area contributed by atoms with Gasteiger partial charge in [-0.2, -0.15) is 5.10 Å². The normalized spacial score (nSPS) is 10.5. The van der Waals surface area contributed by atoms with Crippen LogP contribution in [-0.2, 0) is 6.54 Å². The number of benzene rings is 1. The lowest BCUT2D eigenvalue weighted by Gasteiger charge is -2.09. The van der Waals surface area contributed by atoms with Crippen molar-refractivity contribution in [2.45, 2.75) is 27.3 Å². The lowest BCUT2D eigenvalue weighted by Crippen LogP contribution is -2.04. The third-order valence-corrected chi connectivity index (χ3v) is 3.21. The van der Waals surface area contributed by atoms with Gasteiger partial charge in [0, 0.05) is 23.9 Å². The molecule has 0 aliphatic carbocycles. The molecule has 0 aliphatic rings. The Hall–Kier alpha value is -2.37. The predicted molar refractivity (Wildman–Crippen MR) is 73.2 cm³/mol. The van der Waals surface area contributed by atoms with Crippen molar-refractivity contribution in [3.63, 3.8) is 0 Å². The summed E-state index contributed by atoms with van der Waals surface area (Å²) in [5.74, 6) is 0. The van der Waals surface area contributed by atoms with Crippen molar-refractivity contribution in [1.29, 1.82) is 0 Å². The van der Waals surface area contributed by atoms with Crippen molar-refractivity contribution in [2.24, 2.45) is 0 Å². The van der Waals surface area contributed by atoms with Gasteiger partial charge in [-0.05, 0) is 38.0 Å². The molecule has 0 unspecified atom stereocenters. The fourth-order valence-corrected chi connectivity index (χ4v) is 1.84. The molecule has 6 heteroatoms. The van der Waals surface area contributed by atoms with Gasteiger partial charge in [0.15, 0.2) is 0 Å². The van der Waals surface area contributed by atoms with E-state index in [1.54, 1.807) is 12.3 Å². The molecule has 2 aromatic rings. The van der Waals surface area contributed by atoms with E-state index >= 15 is 0 Å². The minimum absolute atomic E-state index is 0.101. The van der Waals surface area contributed by atoms with Crippen LogP contribution in [0.2, 0.25) is 0 Å². The van der Waals surface area contributed by atoms with Crippen LogP contribution in [0.5, 0.6) is 0 Å². The van der Waals surface area contributed by atoms with Gasteiger partial charge in [-0.1, -0.05) is 0 Å². The zero-order chi connectivity index (χ0) is 14.0. The van der Waals surface area contributed by atoms with Crippen molar-refractivity contribution in [3.8, 4) is 0 Å². The fraction of sp³-hybridized carbons (Fsp3) is 0.308. The highest BCUT2D eigenvalue weighted by molar-refractivity contribution is 5.64.